The number of hydrogen-bond donors (Lipinski definition) is 1. The normalized spacial score (nSPS) is 13.0. The van der Waals surface area contributed by atoms with E-state index in [2.05, 4.69) is 4.98 Å². The second-order valence-corrected chi connectivity index (χ2v) is 2.70. The molecule has 0 aliphatic heterocycles. The van der Waals surface area contributed by atoms with Crippen LogP contribution in [-0.2, 0) is 4.74 Å². The third-order valence-corrected chi connectivity index (χ3v) is 1.99. The minimum atomic E-state index is -0.841. The van der Waals surface area contributed by atoms with Crippen molar-refractivity contribution in [2.45, 2.75) is 20.1 Å². The van der Waals surface area contributed by atoms with Gasteiger partial charge in [0.25, 0.3) is 0 Å². The first kappa shape index (κ1) is 9.16. The van der Waals surface area contributed by atoms with E-state index >= 15 is 0 Å². The minimum absolute atomic E-state index is 0.782. The van der Waals surface area contributed by atoms with Crippen molar-refractivity contribution in [2.75, 3.05) is 7.11 Å². The molecule has 1 unspecified atom stereocenters. The van der Waals surface area contributed by atoms with Crippen LogP contribution in [0.5, 0.6) is 0 Å². The van der Waals surface area contributed by atoms with Gasteiger partial charge in [0, 0.05) is 24.6 Å². The summed E-state index contributed by atoms with van der Waals surface area (Å²) in [5.41, 5.74) is 2.68. The number of nitrogens with zero attached hydrogens (tertiary/aromatic N) is 1. The molecule has 1 rings (SSSR count). The van der Waals surface area contributed by atoms with Gasteiger partial charge in [-0.25, -0.2) is 0 Å². The van der Waals surface area contributed by atoms with Crippen LogP contribution in [0.25, 0.3) is 0 Å². The number of pyridine rings is 1. The number of rotatable bonds is 2. The SMILES string of the molecule is COC(O)c1ccnc(C)c1C. The summed E-state index contributed by atoms with van der Waals surface area (Å²) < 4.78 is 4.80. The van der Waals surface area contributed by atoms with Gasteiger partial charge in [0.05, 0.1) is 0 Å². The lowest BCUT2D eigenvalue weighted by Crippen LogP contribution is -2.03. The van der Waals surface area contributed by atoms with E-state index in [0.717, 1.165) is 16.8 Å². The average Bonchev–Trinajstić information content (AvgIpc) is 2.08. The fourth-order valence-corrected chi connectivity index (χ4v) is 1.05. The molecule has 3 nitrogen and oxygen atoms in total. The highest BCUT2D eigenvalue weighted by Crippen LogP contribution is 2.18. The van der Waals surface area contributed by atoms with Gasteiger partial charge in [0.2, 0.25) is 0 Å². The summed E-state index contributed by atoms with van der Waals surface area (Å²) in [4.78, 5) is 4.09. The Balaban J connectivity index is 3.07. The molecule has 1 heterocycles. The summed E-state index contributed by atoms with van der Waals surface area (Å²) in [6.45, 7) is 3.82. The molecule has 1 aromatic rings. The van der Waals surface area contributed by atoms with Gasteiger partial charge in [-0.3, -0.25) is 4.98 Å². The average molecular weight is 167 g/mol. The first-order valence-corrected chi connectivity index (χ1v) is 3.79. The quantitative estimate of drug-likeness (QED) is 0.676. The summed E-state index contributed by atoms with van der Waals surface area (Å²) >= 11 is 0. The fraction of sp³-hybridized carbons (Fsp3) is 0.444. The monoisotopic (exact) mass is 167 g/mol. The topological polar surface area (TPSA) is 42.4 Å². The van der Waals surface area contributed by atoms with E-state index in [9.17, 15) is 5.11 Å². The molecule has 0 saturated heterocycles. The van der Waals surface area contributed by atoms with E-state index in [1.807, 2.05) is 13.8 Å². The Morgan fingerprint density at radius 3 is 2.75 bits per heavy atom. The standard InChI is InChI=1S/C9H13NO2/c1-6-7(2)10-5-4-8(6)9(11)12-3/h4-5,9,11H,1-3H3. The Kier molecular flexibility index (Phi) is 2.78. The van der Waals surface area contributed by atoms with Gasteiger partial charge in [-0.15, -0.1) is 0 Å². The van der Waals surface area contributed by atoms with Crippen molar-refractivity contribution in [3.05, 3.63) is 29.1 Å². The summed E-state index contributed by atoms with van der Waals surface area (Å²) in [6.07, 6.45) is 0.826. The second-order valence-electron chi connectivity index (χ2n) is 2.70. The zero-order valence-electron chi connectivity index (χ0n) is 7.53. The lowest BCUT2D eigenvalue weighted by atomic mass is 10.1. The van der Waals surface area contributed by atoms with Crippen LogP contribution in [0, 0.1) is 13.8 Å². The van der Waals surface area contributed by atoms with Gasteiger partial charge in [0.1, 0.15) is 0 Å². The zero-order chi connectivity index (χ0) is 9.14. The summed E-state index contributed by atoms with van der Waals surface area (Å²) in [5.74, 6) is 0. The number of aromatic nitrogens is 1. The third-order valence-electron chi connectivity index (χ3n) is 1.99. The highest BCUT2D eigenvalue weighted by Gasteiger charge is 2.09. The van der Waals surface area contributed by atoms with Crippen LogP contribution >= 0.6 is 0 Å². The number of hydrogen-bond acceptors (Lipinski definition) is 3. The Morgan fingerprint density at radius 2 is 2.17 bits per heavy atom. The summed E-state index contributed by atoms with van der Waals surface area (Å²) in [7, 11) is 1.47. The van der Waals surface area contributed by atoms with E-state index in [0.29, 0.717) is 0 Å². The molecule has 0 saturated carbocycles. The van der Waals surface area contributed by atoms with Crippen LogP contribution in [0.4, 0.5) is 0 Å². The molecule has 66 valence electrons. The number of ether oxygens (including phenoxy) is 1. The Labute approximate surface area is 72.0 Å². The first-order chi connectivity index (χ1) is 5.66. The third kappa shape index (κ3) is 1.62. The van der Waals surface area contributed by atoms with Crippen molar-refractivity contribution in [3.63, 3.8) is 0 Å². The molecule has 3 heteroatoms. The van der Waals surface area contributed by atoms with Crippen molar-refractivity contribution < 1.29 is 9.84 Å². The molecule has 1 aromatic heterocycles. The maximum Gasteiger partial charge on any atom is 0.181 e. The van der Waals surface area contributed by atoms with E-state index < -0.39 is 6.29 Å². The highest BCUT2D eigenvalue weighted by molar-refractivity contribution is 5.28. The van der Waals surface area contributed by atoms with Crippen molar-refractivity contribution in [3.8, 4) is 0 Å². The maximum atomic E-state index is 9.38. The van der Waals surface area contributed by atoms with E-state index in [1.54, 1.807) is 12.3 Å². The minimum Gasteiger partial charge on any atom is -0.364 e. The van der Waals surface area contributed by atoms with Gasteiger partial charge in [0.15, 0.2) is 6.29 Å². The van der Waals surface area contributed by atoms with Gasteiger partial charge in [-0.05, 0) is 25.5 Å². The molecule has 0 aromatic carbocycles. The number of aliphatic hydroxyl groups excluding tert-OH is 1. The van der Waals surface area contributed by atoms with E-state index in [-0.39, 0.29) is 0 Å². The largest absolute Gasteiger partial charge is 0.364 e. The van der Waals surface area contributed by atoms with E-state index in [4.69, 9.17) is 4.74 Å². The van der Waals surface area contributed by atoms with Gasteiger partial charge < -0.3 is 9.84 Å². The van der Waals surface area contributed by atoms with Crippen LogP contribution in [0.1, 0.15) is 23.1 Å². The number of methoxy groups -OCH3 is 1. The molecule has 0 bridgehead atoms. The molecule has 12 heavy (non-hydrogen) atoms. The molecule has 1 atom stereocenters. The lowest BCUT2D eigenvalue weighted by molar-refractivity contribution is -0.0774. The predicted molar refractivity (Wildman–Crippen MR) is 45.7 cm³/mol. The number of aryl methyl sites for hydroxylation is 1. The van der Waals surface area contributed by atoms with Crippen LogP contribution in [0.3, 0.4) is 0 Å². The first-order valence-electron chi connectivity index (χ1n) is 3.79. The van der Waals surface area contributed by atoms with Crippen molar-refractivity contribution in [1.29, 1.82) is 0 Å². The highest BCUT2D eigenvalue weighted by atomic mass is 16.6. The van der Waals surface area contributed by atoms with Crippen LogP contribution in [0.2, 0.25) is 0 Å². The Hall–Kier alpha value is -0.930. The van der Waals surface area contributed by atoms with Gasteiger partial charge >= 0.3 is 0 Å². The summed E-state index contributed by atoms with van der Waals surface area (Å²) in [6, 6.07) is 1.76. The van der Waals surface area contributed by atoms with Crippen molar-refractivity contribution in [2.24, 2.45) is 0 Å². The molecular weight excluding hydrogens is 154 g/mol. The molecule has 0 spiro atoms. The molecule has 0 amide bonds. The predicted octanol–water partition coefficient (Wildman–Crippen LogP) is 1.34. The number of aliphatic hydroxyl groups is 1. The van der Waals surface area contributed by atoms with Crippen molar-refractivity contribution >= 4 is 0 Å². The fourth-order valence-electron chi connectivity index (χ4n) is 1.05. The molecule has 1 N–H and O–H groups in total. The molecule has 0 fully saturated rings. The smallest absolute Gasteiger partial charge is 0.181 e. The second kappa shape index (κ2) is 3.65. The molecule has 0 aliphatic rings. The Morgan fingerprint density at radius 1 is 1.50 bits per heavy atom. The zero-order valence-corrected chi connectivity index (χ0v) is 7.53. The maximum absolute atomic E-state index is 9.38. The van der Waals surface area contributed by atoms with E-state index in [1.165, 1.54) is 7.11 Å². The van der Waals surface area contributed by atoms with Crippen LogP contribution in [0.15, 0.2) is 12.3 Å². The molecular formula is C9H13NO2. The molecule has 0 radical (unpaired) electrons. The van der Waals surface area contributed by atoms with Crippen LogP contribution in [-0.4, -0.2) is 17.2 Å². The Bertz CT molecular complexity index is 273. The summed E-state index contributed by atoms with van der Waals surface area (Å²) in [5, 5.41) is 9.38. The van der Waals surface area contributed by atoms with Gasteiger partial charge in [-0.1, -0.05) is 0 Å². The lowest BCUT2D eigenvalue weighted by Gasteiger charge is -2.12. The van der Waals surface area contributed by atoms with Crippen LogP contribution < -0.4 is 0 Å². The van der Waals surface area contributed by atoms with Crippen molar-refractivity contribution in [1.82, 2.24) is 4.98 Å². The van der Waals surface area contributed by atoms with Gasteiger partial charge in [-0.2, -0.15) is 0 Å². The molecule has 0 aliphatic carbocycles.